The average molecular weight is 552 g/mol. The van der Waals surface area contributed by atoms with Crippen LogP contribution >= 0.6 is 11.3 Å². The number of benzene rings is 1. The summed E-state index contributed by atoms with van der Waals surface area (Å²) in [5.74, 6) is -0.00102. The summed E-state index contributed by atoms with van der Waals surface area (Å²) >= 11 is 1.40. The van der Waals surface area contributed by atoms with E-state index in [4.69, 9.17) is 0 Å². The molecule has 11 heteroatoms. The number of hydrogen-bond donors (Lipinski definition) is 3. The summed E-state index contributed by atoms with van der Waals surface area (Å²) in [6, 6.07) is 10.6. The molecule has 7 rings (SSSR count). The molecule has 0 spiro atoms. The first-order chi connectivity index (χ1) is 19.4. The van der Waals surface area contributed by atoms with E-state index < -0.39 is 5.82 Å². The van der Waals surface area contributed by atoms with Gasteiger partial charge in [0.25, 0.3) is 0 Å². The highest BCUT2D eigenvalue weighted by Crippen LogP contribution is 2.36. The van der Waals surface area contributed by atoms with Crippen LogP contribution in [0.5, 0.6) is 0 Å². The maximum absolute atomic E-state index is 15.2. The van der Waals surface area contributed by atoms with Gasteiger partial charge >= 0.3 is 0 Å². The maximum Gasteiger partial charge on any atom is 0.227 e. The number of ketones is 1. The Kier molecular flexibility index (Phi) is 5.74. The lowest BCUT2D eigenvalue weighted by atomic mass is 9.85. The van der Waals surface area contributed by atoms with Crippen molar-refractivity contribution in [3.05, 3.63) is 65.7 Å². The van der Waals surface area contributed by atoms with Crippen LogP contribution in [0.1, 0.15) is 35.9 Å². The zero-order valence-electron chi connectivity index (χ0n) is 21.3. The second-order valence-corrected chi connectivity index (χ2v) is 11.0. The highest BCUT2D eigenvalue weighted by molar-refractivity contribution is 7.17. The number of carbonyl (C=O) groups excluding carboxylic acids is 2. The molecule has 0 radical (unpaired) electrons. The van der Waals surface area contributed by atoms with Crippen LogP contribution in [0, 0.1) is 11.7 Å². The first-order valence-corrected chi connectivity index (χ1v) is 13.7. The van der Waals surface area contributed by atoms with Crippen molar-refractivity contribution in [2.45, 2.75) is 26.2 Å². The number of aromatic nitrogens is 6. The number of halogens is 1. The number of nitrogens with zero attached hydrogens (tertiary/aromatic N) is 4. The van der Waals surface area contributed by atoms with Gasteiger partial charge in [-0.3, -0.25) is 19.7 Å². The van der Waals surface area contributed by atoms with E-state index >= 15 is 4.39 Å². The van der Waals surface area contributed by atoms with Crippen LogP contribution in [0.3, 0.4) is 0 Å². The SMILES string of the molecule is CC(=O)c1ccc(-c2ccnc3nc(-c4[nH]nc5c(F)cc(-c6cncc(NC(=O)C7CCC7)c6)cc45)[nH]c23)s1. The monoisotopic (exact) mass is 551 g/mol. The minimum absolute atomic E-state index is 0.00934. The van der Waals surface area contributed by atoms with E-state index in [1.165, 1.54) is 17.4 Å². The van der Waals surface area contributed by atoms with Gasteiger partial charge in [0.05, 0.1) is 22.3 Å². The Bertz CT molecular complexity index is 1950. The number of nitrogens with one attached hydrogen (secondary N) is 3. The molecule has 0 unspecified atom stereocenters. The maximum atomic E-state index is 15.2. The lowest BCUT2D eigenvalue weighted by Crippen LogP contribution is -2.28. The summed E-state index contributed by atoms with van der Waals surface area (Å²) in [5, 5.41) is 10.6. The Morgan fingerprint density at radius 2 is 1.98 bits per heavy atom. The number of imidazole rings is 1. The van der Waals surface area contributed by atoms with Crippen molar-refractivity contribution in [1.29, 1.82) is 0 Å². The van der Waals surface area contributed by atoms with Crippen LogP contribution in [0.2, 0.25) is 0 Å². The number of anilines is 1. The van der Waals surface area contributed by atoms with Gasteiger partial charge in [-0.2, -0.15) is 5.10 Å². The predicted octanol–water partition coefficient (Wildman–Crippen LogP) is 6.37. The fourth-order valence-electron chi connectivity index (χ4n) is 4.91. The van der Waals surface area contributed by atoms with E-state index in [0.717, 1.165) is 29.7 Å². The molecule has 5 aromatic heterocycles. The van der Waals surface area contributed by atoms with Crippen LogP contribution in [-0.4, -0.2) is 41.8 Å². The van der Waals surface area contributed by atoms with Gasteiger partial charge in [-0.25, -0.2) is 14.4 Å². The second-order valence-electron chi connectivity index (χ2n) is 9.89. The summed E-state index contributed by atoms with van der Waals surface area (Å²) in [5.41, 5.74) is 4.56. The molecule has 40 heavy (non-hydrogen) atoms. The molecular weight excluding hydrogens is 529 g/mol. The first kappa shape index (κ1) is 24.3. The standard InChI is InChI=1S/C29H22FN7O2S/c1-14(38)22-5-6-23(40-22)19-7-8-32-27-25(19)34-28(35-27)26-20-10-16(11-21(30)24(20)36-37-26)17-9-18(13-31-12-17)33-29(39)15-3-2-4-15/h5-13,15H,2-4H2,1H3,(H,33,39)(H,36,37)(H,32,34,35). The third-order valence-corrected chi connectivity index (χ3v) is 8.49. The second kappa shape index (κ2) is 9.45. The number of rotatable bonds is 6. The van der Waals surface area contributed by atoms with E-state index in [9.17, 15) is 9.59 Å². The summed E-state index contributed by atoms with van der Waals surface area (Å²) in [6.45, 7) is 1.54. The molecule has 0 saturated heterocycles. The van der Waals surface area contributed by atoms with Gasteiger partial charge in [0.15, 0.2) is 23.1 Å². The van der Waals surface area contributed by atoms with E-state index in [-0.39, 0.29) is 23.1 Å². The molecular formula is C29H22FN7O2S. The lowest BCUT2D eigenvalue weighted by molar-refractivity contribution is -0.122. The lowest BCUT2D eigenvalue weighted by Gasteiger charge is -2.24. The Hall–Kier alpha value is -4.77. The predicted molar refractivity (Wildman–Crippen MR) is 151 cm³/mol. The third-order valence-electron chi connectivity index (χ3n) is 7.27. The molecule has 0 atom stereocenters. The van der Waals surface area contributed by atoms with Crippen molar-refractivity contribution in [3.8, 4) is 33.1 Å². The molecule has 1 amide bonds. The quantitative estimate of drug-likeness (QED) is 0.206. The number of thiophene rings is 1. The van der Waals surface area contributed by atoms with Gasteiger partial charge in [-0.15, -0.1) is 11.3 Å². The van der Waals surface area contributed by atoms with Gasteiger partial charge in [-0.1, -0.05) is 6.42 Å². The molecule has 1 aliphatic carbocycles. The van der Waals surface area contributed by atoms with Crippen molar-refractivity contribution in [3.63, 3.8) is 0 Å². The molecule has 0 bridgehead atoms. The van der Waals surface area contributed by atoms with Crippen molar-refractivity contribution >= 4 is 50.8 Å². The molecule has 1 fully saturated rings. The topological polar surface area (TPSA) is 129 Å². The smallest absolute Gasteiger partial charge is 0.227 e. The van der Waals surface area contributed by atoms with Gasteiger partial charge in [0.1, 0.15) is 11.2 Å². The van der Waals surface area contributed by atoms with Crippen LogP contribution in [0.15, 0.2) is 55.0 Å². The highest BCUT2D eigenvalue weighted by Gasteiger charge is 2.25. The zero-order valence-corrected chi connectivity index (χ0v) is 22.1. The third kappa shape index (κ3) is 4.15. The Morgan fingerprint density at radius 1 is 1.10 bits per heavy atom. The minimum atomic E-state index is -0.496. The molecule has 5 heterocycles. The van der Waals surface area contributed by atoms with E-state index in [1.807, 2.05) is 18.2 Å². The average Bonchev–Trinajstić information content (AvgIpc) is 3.65. The molecule has 1 saturated carbocycles. The van der Waals surface area contributed by atoms with Gasteiger partial charge in [0.2, 0.25) is 5.91 Å². The Balaban J connectivity index is 1.28. The molecule has 1 aromatic carbocycles. The summed E-state index contributed by atoms with van der Waals surface area (Å²) in [4.78, 5) is 42.5. The molecule has 198 valence electrons. The fourth-order valence-corrected chi connectivity index (χ4v) is 5.84. The van der Waals surface area contributed by atoms with Gasteiger partial charge < -0.3 is 10.3 Å². The number of carbonyl (C=O) groups is 2. The summed E-state index contributed by atoms with van der Waals surface area (Å²) in [6.07, 6.45) is 7.75. The molecule has 3 N–H and O–H groups in total. The first-order valence-electron chi connectivity index (χ1n) is 12.8. The number of aromatic amines is 2. The molecule has 6 aromatic rings. The number of pyridine rings is 2. The van der Waals surface area contributed by atoms with E-state index in [2.05, 4.69) is 35.5 Å². The van der Waals surface area contributed by atoms with Crippen molar-refractivity contribution in [2.75, 3.05) is 5.32 Å². The number of hydrogen-bond acceptors (Lipinski definition) is 7. The molecule has 0 aliphatic heterocycles. The van der Waals surface area contributed by atoms with Crippen LogP contribution in [-0.2, 0) is 4.79 Å². The van der Waals surface area contributed by atoms with Gasteiger partial charge in [-0.05, 0) is 61.7 Å². The number of fused-ring (bicyclic) bond motifs is 2. The van der Waals surface area contributed by atoms with Crippen LogP contribution in [0.4, 0.5) is 10.1 Å². The molecule has 1 aliphatic rings. The Labute approximate surface area is 230 Å². The normalized spacial score (nSPS) is 13.6. The van der Waals surface area contributed by atoms with Crippen molar-refractivity contribution in [2.24, 2.45) is 5.92 Å². The highest BCUT2D eigenvalue weighted by atomic mass is 32.1. The summed E-state index contributed by atoms with van der Waals surface area (Å²) in [7, 11) is 0. The Morgan fingerprint density at radius 3 is 2.75 bits per heavy atom. The largest absolute Gasteiger partial charge is 0.335 e. The van der Waals surface area contributed by atoms with E-state index in [0.29, 0.717) is 49.8 Å². The van der Waals surface area contributed by atoms with Crippen molar-refractivity contribution in [1.82, 2.24) is 30.1 Å². The van der Waals surface area contributed by atoms with E-state index in [1.54, 1.807) is 37.6 Å². The number of amides is 1. The van der Waals surface area contributed by atoms with Crippen LogP contribution < -0.4 is 5.32 Å². The van der Waals surface area contributed by atoms with Crippen LogP contribution in [0.25, 0.3) is 55.2 Å². The number of Topliss-reactive ketones (excluding diaryl/α,β-unsaturated/α-hetero) is 1. The zero-order chi connectivity index (χ0) is 27.4. The van der Waals surface area contributed by atoms with Crippen molar-refractivity contribution < 1.29 is 14.0 Å². The van der Waals surface area contributed by atoms with Gasteiger partial charge in [0, 0.05) is 39.7 Å². The molecule has 9 nitrogen and oxygen atoms in total. The minimum Gasteiger partial charge on any atom is -0.335 e. The fraction of sp³-hybridized carbons (Fsp3) is 0.172. The number of H-pyrrole nitrogens is 2. The summed E-state index contributed by atoms with van der Waals surface area (Å²) < 4.78 is 15.2.